The van der Waals surface area contributed by atoms with Crippen LogP contribution < -0.4 is 11.1 Å². The molecule has 2 amide bonds. The quantitative estimate of drug-likeness (QED) is 0.572. The van der Waals surface area contributed by atoms with Gasteiger partial charge in [-0.2, -0.15) is 0 Å². The van der Waals surface area contributed by atoms with Gasteiger partial charge < -0.3 is 16.0 Å². The van der Waals surface area contributed by atoms with Gasteiger partial charge in [0.15, 0.2) is 0 Å². The molecule has 102 valence electrons. The number of nitrogens with two attached hydrogens (primary N) is 1. The van der Waals surface area contributed by atoms with Crippen LogP contribution in [0.1, 0.15) is 0 Å². The molecule has 8 nitrogen and oxygen atoms in total. The van der Waals surface area contributed by atoms with E-state index >= 15 is 0 Å². The molecule has 0 aromatic heterocycles. The first-order valence-electron chi connectivity index (χ1n) is 5.42. The Morgan fingerprint density at radius 3 is 2.42 bits per heavy atom. The second-order valence-corrected chi connectivity index (χ2v) is 3.81. The number of nitrogens with one attached hydrogen (secondary N) is 1. The first-order chi connectivity index (χ1) is 8.93. The van der Waals surface area contributed by atoms with Crippen LogP contribution in [0.15, 0.2) is 24.3 Å². The minimum absolute atomic E-state index is 0.0616. The van der Waals surface area contributed by atoms with E-state index in [2.05, 4.69) is 5.32 Å². The molecule has 0 aliphatic heterocycles. The van der Waals surface area contributed by atoms with Crippen molar-refractivity contribution in [2.24, 2.45) is 5.73 Å². The highest BCUT2D eigenvalue weighted by Gasteiger charge is 2.12. The van der Waals surface area contributed by atoms with E-state index in [1.807, 2.05) is 0 Å². The zero-order valence-electron chi connectivity index (χ0n) is 10.3. The van der Waals surface area contributed by atoms with Crippen LogP contribution in [0.4, 0.5) is 11.4 Å². The van der Waals surface area contributed by atoms with E-state index in [-0.39, 0.29) is 24.7 Å². The predicted molar refractivity (Wildman–Crippen MR) is 68.4 cm³/mol. The smallest absolute Gasteiger partial charge is 0.269 e. The summed E-state index contributed by atoms with van der Waals surface area (Å²) in [6.07, 6.45) is 0. The fourth-order valence-corrected chi connectivity index (χ4v) is 1.33. The lowest BCUT2D eigenvalue weighted by Crippen LogP contribution is -2.38. The molecular weight excluding hydrogens is 252 g/mol. The molecule has 0 aliphatic carbocycles. The third-order valence-electron chi connectivity index (χ3n) is 2.34. The molecule has 0 saturated carbocycles. The maximum absolute atomic E-state index is 11.6. The first kappa shape index (κ1) is 14.6. The van der Waals surface area contributed by atoms with Gasteiger partial charge in [0, 0.05) is 24.9 Å². The van der Waals surface area contributed by atoms with Gasteiger partial charge in [-0.15, -0.1) is 0 Å². The van der Waals surface area contributed by atoms with E-state index in [0.717, 1.165) is 0 Å². The molecule has 1 rings (SSSR count). The van der Waals surface area contributed by atoms with Crippen molar-refractivity contribution in [1.29, 1.82) is 0 Å². The summed E-state index contributed by atoms with van der Waals surface area (Å²) in [5.41, 5.74) is 5.52. The topological polar surface area (TPSA) is 119 Å². The Labute approximate surface area is 109 Å². The zero-order valence-corrected chi connectivity index (χ0v) is 10.3. The number of hydrogen-bond acceptors (Lipinski definition) is 5. The fraction of sp³-hybridized carbons (Fsp3) is 0.273. The fourth-order valence-electron chi connectivity index (χ4n) is 1.33. The Kier molecular flexibility index (Phi) is 4.95. The van der Waals surface area contributed by atoms with E-state index in [9.17, 15) is 19.7 Å². The SMILES string of the molecule is CN(CC(=O)Nc1ccc([N+](=O)[O-])cc1)C(=O)CN. The van der Waals surface area contributed by atoms with Crippen LogP contribution in [0.2, 0.25) is 0 Å². The maximum atomic E-state index is 11.6. The van der Waals surface area contributed by atoms with E-state index in [0.29, 0.717) is 5.69 Å². The van der Waals surface area contributed by atoms with E-state index in [1.165, 1.54) is 36.2 Å². The number of carbonyl (C=O) groups is 2. The average Bonchev–Trinajstić information content (AvgIpc) is 2.38. The highest BCUT2D eigenvalue weighted by atomic mass is 16.6. The average molecular weight is 266 g/mol. The van der Waals surface area contributed by atoms with Crippen LogP contribution in [-0.2, 0) is 9.59 Å². The lowest BCUT2D eigenvalue weighted by molar-refractivity contribution is -0.384. The van der Waals surface area contributed by atoms with Gasteiger partial charge in [-0.1, -0.05) is 0 Å². The normalized spacial score (nSPS) is 9.79. The monoisotopic (exact) mass is 266 g/mol. The number of hydrogen-bond donors (Lipinski definition) is 2. The molecule has 0 bridgehead atoms. The number of nitro benzene ring substituents is 1. The van der Waals surface area contributed by atoms with Crippen molar-refractivity contribution >= 4 is 23.2 Å². The third kappa shape index (κ3) is 4.36. The van der Waals surface area contributed by atoms with Crippen LogP contribution in [0.5, 0.6) is 0 Å². The zero-order chi connectivity index (χ0) is 14.4. The minimum Gasteiger partial charge on any atom is -0.335 e. The molecule has 0 atom stereocenters. The van der Waals surface area contributed by atoms with Crippen molar-refractivity contribution in [3.63, 3.8) is 0 Å². The second-order valence-electron chi connectivity index (χ2n) is 3.81. The molecule has 1 aromatic rings. The van der Waals surface area contributed by atoms with Gasteiger partial charge in [-0.05, 0) is 12.1 Å². The molecule has 19 heavy (non-hydrogen) atoms. The molecule has 0 fully saturated rings. The minimum atomic E-state index is -0.528. The Bertz CT molecular complexity index is 486. The molecule has 0 aliphatic rings. The Hall–Kier alpha value is -2.48. The summed E-state index contributed by atoms with van der Waals surface area (Å²) in [5.74, 6) is -0.753. The van der Waals surface area contributed by atoms with Crippen molar-refractivity contribution in [3.8, 4) is 0 Å². The second kappa shape index (κ2) is 6.45. The van der Waals surface area contributed by atoms with E-state index in [4.69, 9.17) is 5.73 Å². The number of amides is 2. The summed E-state index contributed by atoms with van der Waals surface area (Å²) >= 11 is 0. The third-order valence-corrected chi connectivity index (χ3v) is 2.34. The van der Waals surface area contributed by atoms with E-state index < -0.39 is 10.8 Å². The van der Waals surface area contributed by atoms with Gasteiger partial charge in [0.2, 0.25) is 11.8 Å². The first-order valence-corrected chi connectivity index (χ1v) is 5.42. The summed E-state index contributed by atoms with van der Waals surface area (Å²) in [4.78, 5) is 33.9. The Morgan fingerprint density at radius 1 is 1.37 bits per heavy atom. The molecule has 0 saturated heterocycles. The van der Waals surface area contributed by atoms with Crippen LogP contribution in [0.3, 0.4) is 0 Å². The molecule has 3 N–H and O–H groups in total. The molecule has 0 heterocycles. The molecule has 0 unspecified atom stereocenters. The number of nitro groups is 1. The van der Waals surface area contributed by atoms with Gasteiger partial charge in [-0.3, -0.25) is 19.7 Å². The van der Waals surface area contributed by atoms with Gasteiger partial charge in [0.05, 0.1) is 18.0 Å². The number of likely N-dealkylation sites (N-methyl/N-ethyl adjacent to an activating group) is 1. The van der Waals surface area contributed by atoms with Gasteiger partial charge in [0.25, 0.3) is 5.69 Å². The summed E-state index contributed by atoms with van der Waals surface area (Å²) in [6, 6.07) is 5.40. The highest BCUT2D eigenvalue weighted by molar-refractivity contribution is 5.94. The van der Waals surface area contributed by atoms with Gasteiger partial charge >= 0.3 is 0 Å². The van der Waals surface area contributed by atoms with Crippen LogP contribution in [-0.4, -0.2) is 41.8 Å². The molecular formula is C11H14N4O4. The number of rotatable bonds is 5. The van der Waals surface area contributed by atoms with Gasteiger partial charge in [0.1, 0.15) is 0 Å². The largest absolute Gasteiger partial charge is 0.335 e. The molecule has 0 radical (unpaired) electrons. The lowest BCUT2D eigenvalue weighted by Gasteiger charge is -2.15. The van der Waals surface area contributed by atoms with Crippen molar-refractivity contribution in [3.05, 3.63) is 34.4 Å². The number of carbonyl (C=O) groups excluding carboxylic acids is 2. The van der Waals surface area contributed by atoms with Crippen LogP contribution in [0, 0.1) is 10.1 Å². The molecule has 1 aromatic carbocycles. The van der Waals surface area contributed by atoms with E-state index in [1.54, 1.807) is 0 Å². The van der Waals surface area contributed by atoms with Crippen molar-refractivity contribution in [2.75, 3.05) is 25.5 Å². The Balaban J connectivity index is 2.57. The van der Waals surface area contributed by atoms with Crippen molar-refractivity contribution in [2.45, 2.75) is 0 Å². The standard InChI is InChI=1S/C11H14N4O4/c1-14(11(17)6-12)7-10(16)13-8-2-4-9(5-3-8)15(18)19/h2-5H,6-7,12H2,1H3,(H,13,16). The van der Waals surface area contributed by atoms with Crippen molar-refractivity contribution in [1.82, 2.24) is 4.90 Å². The number of benzene rings is 1. The number of anilines is 1. The summed E-state index contributed by atoms with van der Waals surface area (Å²) in [6.45, 7) is -0.297. The number of non-ortho nitro benzene ring substituents is 1. The highest BCUT2D eigenvalue weighted by Crippen LogP contribution is 2.15. The van der Waals surface area contributed by atoms with Gasteiger partial charge in [-0.25, -0.2) is 0 Å². The summed E-state index contributed by atoms with van der Waals surface area (Å²) < 4.78 is 0. The van der Waals surface area contributed by atoms with Crippen molar-refractivity contribution < 1.29 is 14.5 Å². The van der Waals surface area contributed by atoms with Crippen LogP contribution in [0.25, 0.3) is 0 Å². The maximum Gasteiger partial charge on any atom is 0.269 e. The lowest BCUT2D eigenvalue weighted by atomic mass is 10.3. The van der Waals surface area contributed by atoms with Crippen LogP contribution >= 0.6 is 0 Å². The number of nitrogens with zero attached hydrogens (tertiary/aromatic N) is 2. The summed E-state index contributed by atoms with van der Waals surface area (Å²) in [7, 11) is 1.46. The predicted octanol–water partition coefficient (Wildman–Crippen LogP) is -0.0496. The Morgan fingerprint density at radius 2 is 1.95 bits per heavy atom. The molecule has 0 spiro atoms. The molecule has 8 heteroatoms. The summed E-state index contributed by atoms with van der Waals surface area (Å²) in [5, 5.41) is 13.0.